The first-order valence-corrected chi connectivity index (χ1v) is 10.5. The minimum Gasteiger partial charge on any atom is -0.440 e. The van der Waals surface area contributed by atoms with E-state index in [1.165, 1.54) is 0 Å². The van der Waals surface area contributed by atoms with Gasteiger partial charge in [-0.2, -0.15) is 0 Å². The van der Waals surface area contributed by atoms with E-state index in [1.807, 2.05) is 48.7 Å². The van der Waals surface area contributed by atoms with E-state index in [1.54, 1.807) is 0 Å². The molecule has 0 unspecified atom stereocenters. The number of fused-ring (bicyclic) bond motifs is 1. The lowest BCUT2D eigenvalue weighted by Crippen LogP contribution is -2.05. The molecule has 0 fully saturated rings. The van der Waals surface area contributed by atoms with E-state index in [0.29, 0.717) is 12.5 Å². The molecule has 0 saturated carbocycles. The average molecular weight is 405 g/mol. The first-order chi connectivity index (χ1) is 14.7. The first kappa shape index (κ1) is 20.4. The molecule has 4 aromatic rings. The summed E-state index contributed by atoms with van der Waals surface area (Å²) in [6.45, 7) is 7.18. The Morgan fingerprint density at radius 2 is 1.70 bits per heavy atom. The molecule has 1 N–H and O–H groups in total. The molecule has 156 valence electrons. The maximum atomic E-state index is 6.30. The Morgan fingerprint density at radius 1 is 0.967 bits per heavy atom. The second-order valence-corrected chi connectivity index (χ2v) is 7.76. The summed E-state index contributed by atoms with van der Waals surface area (Å²) in [6.07, 6.45) is 3.04. The lowest BCUT2D eigenvalue weighted by atomic mass is 9.94. The van der Waals surface area contributed by atoms with Crippen LogP contribution in [0.15, 0.2) is 65.2 Å². The molecule has 0 bridgehead atoms. The van der Waals surface area contributed by atoms with Gasteiger partial charge < -0.3 is 9.40 Å². The number of aromatic nitrogens is 2. The summed E-state index contributed by atoms with van der Waals surface area (Å²) in [6, 6.07) is 18.1. The third kappa shape index (κ3) is 4.32. The largest absolute Gasteiger partial charge is 0.440 e. The Morgan fingerprint density at radius 3 is 2.50 bits per heavy atom. The summed E-state index contributed by atoms with van der Waals surface area (Å²) in [5.74, 6) is 2.17. The van der Waals surface area contributed by atoms with Crippen molar-refractivity contribution in [1.82, 2.24) is 9.97 Å². The smallest absolute Gasteiger partial charge is 0.198 e. The van der Waals surface area contributed by atoms with Crippen LogP contribution >= 0.6 is 0 Å². The van der Waals surface area contributed by atoms with Crippen LogP contribution in [0.3, 0.4) is 0 Å². The third-order valence-corrected chi connectivity index (χ3v) is 5.78. The summed E-state index contributed by atoms with van der Waals surface area (Å²) in [4.78, 5) is 19.1. The highest BCUT2D eigenvalue weighted by Crippen LogP contribution is 2.35. The number of nitrogens with zero attached hydrogens (tertiary/aromatic N) is 1. The van der Waals surface area contributed by atoms with Gasteiger partial charge in [0.2, 0.25) is 0 Å². The highest BCUT2D eigenvalue weighted by molar-refractivity contribution is 5.94. The summed E-state index contributed by atoms with van der Waals surface area (Å²) in [5.41, 5.74) is 3.86. The van der Waals surface area contributed by atoms with Crippen LogP contribution < -0.4 is 0 Å². The number of nitrogens with one attached hydrogen (secondary N) is 1. The van der Waals surface area contributed by atoms with Crippen LogP contribution in [0.2, 0.25) is 0 Å². The minimum absolute atomic E-state index is 0.220. The van der Waals surface area contributed by atoms with E-state index >= 15 is 0 Å². The quantitative estimate of drug-likeness (QED) is 0.193. The highest BCUT2D eigenvalue weighted by atomic mass is 17.2. The van der Waals surface area contributed by atoms with E-state index in [-0.39, 0.29) is 12.5 Å². The normalized spacial score (nSPS) is 13.6. The van der Waals surface area contributed by atoms with E-state index in [9.17, 15) is 0 Å². The molecule has 30 heavy (non-hydrogen) atoms. The minimum atomic E-state index is 0.220. The molecule has 5 nitrogen and oxygen atoms in total. The Balaban J connectivity index is 1.58. The Kier molecular flexibility index (Phi) is 6.31. The van der Waals surface area contributed by atoms with Gasteiger partial charge in [0.05, 0.1) is 0 Å². The molecule has 5 heteroatoms. The van der Waals surface area contributed by atoms with Crippen molar-refractivity contribution >= 4 is 10.9 Å². The van der Waals surface area contributed by atoms with Gasteiger partial charge in [0.1, 0.15) is 18.9 Å². The molecule has 4 rings (SSSR count). The van der Waals surface area contributed by atoms with Gasteiger partial charge in [-0.15, -0.1) is 0 Å². The van der Waals surface area contributed by atoms with Crippen LogP contribution in [0, 0.1) is 5.92 Å². The summed E-state index contributed by atoms with van der Waals surface area (Å²) in [7, 11) is 0. The fourth-order valence-corrected chi connectivity index (χ4v) is 3.51. The Labute approximate surface area is 177 Å². The molecule has 0 aliphatic rings. The first-order valence-electron chi connectivity index (χ1n) is 10.5. The van der Waals surface area contributed by atoms with Crippen molar-refractivity contribution < 1.29 is 14.2 Å². The molecule has 2 aromatic carbocycles. The number of H-pyrrole nitrogens is 1. The number of oxazole rings is 1. The maximum Gasteiger partial charge on any atom is 0.198 e. The number of hydrogen-bond acceptors (Lipinski definition) is 4. The topological polar surface area (TPSA) is 60.3 Å². The number of para-hydroxylation sites is 1. The SMILES string of the molecule is CC[C@H](C)[C@H](C)c1nc(COOCc2ccccc2)c(-c2c[nH]c3ccccc23)o1. The van der Waals surface area contributed by atoms with Gasteiger partial charge in [-0.25, -0.2) is 14.8 Å². The Hall–Kier alpha value is -2.89. The summed E-state index contributed by atoms with van der Waals surface area (Å²) >= 11 is 0. The van der Waals surface area contributed by atoms with Crippen LogP contribution in [0.1, 0.15) is 50.3 Å². The van der Waals surface area contributed by atoms with Gasteiger partial charge in [-0.1, -0.05) is 75.7 Å². The average Bonchev–Trinajstić information content (AvgIpc) is 3.40. The molecule has 0 aliphatic carbocycles. The van der Waals surface area contributed by atoms with Gasteiger partial charge >= 0.3 is 0 Å². The van der Waals surface area contributed by atoms with E-state index in [2.05, 4.69) is 37.9 Å². The van der Waals surface area contributed by atoms with Crippen LogP contribution in [0.25, 0.3) is 22.2 Å². The van der Waals surface area contributed by atoms with Gasteiger partial charge in [-0.3, -0.25) is 0 Å². The third-order valence-electron chi connectivity index (χ3n) is 5.78. The number of hydrogen-bond donors (Lipinski definition) is 1. The molecule has 0 aliphatic heterocycles. The zero-order valence-corrected chi connectivity index (χ0v) is 17.7. The van der Waals surface area contributed by atoms with Gasteiger partial charge in [0.25, 0.3) is 0 Å². The van der Waals surface area contributed by atoms with Gasteiger partial charge in [0, 0.05) is 28.6 Å². The number of rotatable bonds is 9. The molecule has 0 saturated heterocycles. The molecule has 0 radical (unpaired) electrons. The van der Waals surface area contributed by atoms with Crippen LogP contribution in [-0.4, -0.2) is 9.97 Å². The van der Waals surface area contributed by atoms with Crippen molar-refractivity contribution in [3.05, 3.63) is 77.9 Å². The highest BCUT2D eigenvalue weighted by Gasteiger charge is 2.24. The fraction of sp³-hybridized carbons (Fsp3) is 0.320. The molecular weight excluding hydrogens is 376 g/mol. The summed E-state index contributed by atoms with van der Waals surface area (Å²) in [5, 5.41) is 1.10. The molecule has 0 amide bonds. The van der Waals surface area contributed by atoms with Crippen molar-refractivity contribution in [2.24, 2.45) is 5.92 Å². The van der Waals surface area contributed by atoms with Crippen LogP contribution in [0.5, 0.6) is 0 Å². The van der Waals surface area contributed by atoms with Gasteiger partial charge in [-0.05, 0) is 17.5 Å². The predicted octanol–water partition coefficient (Wildman–Crippen LogP) is 6.62. The van der Waals surface area contributed by atoms with Crippen molar-refractivity contribution in [2.75, 3.05) is 0 Å². The van der Waals surface area contributed by atoms with Gasteiger partial charge in [0.15, 0.2) is 11.7 Å². The monoisotopic (exact) mass is 404 g/mol. The van der Waals surface area contributed by atoms with E-state index in [0.717, 1.165) is 45.8 Å². The standard InChI is InChI=1S/C25H28N2O3/c1-4-17(2)18(3)25-27-23(16-29-28-15-19-10-6-5-7-11-19)24(30-25)21-14-26-22-13-9-8-12-20(21)22/h5-14,17-18,26H,4,15-16H2,1-3H3/t17-,18-/m0/s1. The zero-order valence-electron chi connectivity index (χ0n) is 17.7. The number of benzene rings is 2. The van der Waals surface area contributed by atoms with Crippen LogP contribution in [-0.2, 0) is 23.0 Å². The molecule has 2 heterocycles. The zero-order chi connectivity index (χ0) is 20.9. The van der Waals surface area contributed by atoms with Crippen LogP contribution in [0.4, 0.5) is 0 Å². The fourth-order valence-electron chi connectivity index (χ4n) is 3.51. The molecule has 0 spiro atoms. The second kappa shape index (κ2) is 9.28. The molecule has 2 atom stereocenters. The lowest BCUT2D eigenvalue weighted by molar-refractivity contribution is -0.313. The van der Waals surface area contributed by atoms with E-state index in [4.69, 9.17) is 19.2 Å². The molecular formula is C25H28N2O3. The van der Waals surface area contributed by atoms with Crippen molar-refractivity contribution in [1.29, 1.82) is 0 Å². The van der Waals surface area contributed by atoms with Crippen molar-refractivity contribution in [2.45, 2.75) is 46.3 Å². The van der Waals surface area contributed by atoms with Crippen molar-refractivity contribution in [3.8, 4) is 11.3 Å². The second-order valence-electron chi connectivity index (χ2n) is 7.76. The van der Waals surface area contributed by atoms with E-state index < -0.39 is 0 Å². The lowest BCUT2D eigenvalue weighted by Gasteiger charge is -2.14. The summed E-state index contributed by atoms with van der Waals surface area (Å²) < 4.78 is 6.30. The predicted molar refractivity (Wildman–Crippen MR) is 118 cm³/mol. The van der Waals surface area contributed by atoms with Crippen molar-refractivity contribution in [3.63, 3.8) is 0 Å². The maximum absolute atomic E-state index is 6.30. The number of aromatic amines is 1. The molecule has 2 aromatic heterocycles. The Bertz CT molecular complexity index is 1080.